The van der Waals surface area contributed by atoms with E-state index in [1.54, 1.807) is 0 Å². The molecular weight excluding hydrogens is 450 g/mol. The Bertz CT molecular complexity index is 962. The van der Waals surface area contributed by atoms with E-state index in [2.05, 4.69) is 25.4 Å². The van der Waals surface area contributed by atoms with Crippen LogP contribution in [0.15, 0.2) is 30.5 Å². The summed E-state index contributed by atoms with van der Waals surface area (Å²) in [5, 5.41) is 15.6. The molecule has 10 nitrogen and oxygen atoms in total. The summed E-state index contributed by atoms with van der Waals surface area (Å²) in [5.74, 6) is -1.39. The van der Waals surface area contributed by atoms with Crippen molar-refractivity contribution in [3.05, 3.63) is 36.3 Å². The lowest BCUT2D eigenvalue weighted by molar-refractivity contribution is -0.134. The number of imidazole rings is 1. The largest absolute Gasteiger partial charge is 0.478 e. The Hall–Kier alpha value is -2.82. The van der Waals surface area contributed by atoms with Crippen LogP contribution < -0.4 is 0 Å². The number of aliphatic carboxylic acids is 2. The van der Waals surface area contributed by atoms with E-state index >= 15 is 0 Å². The summed E-state index contributed by atoms with van der Waals surface area (Å²) < 4.78 is 7.83. The zero-order chi connectivity index (χ0) is 25.0. The second-order valence-electron chi connectivity index (χ2n) is 8.84. The highest BCUT2D eigenvalue weighted by atomic mass is 16.5. The van der Waals surface area contributed by atoms with Gasteiger partial charge in [-0.05, 0) is 31.9 Å². The maximum absolute atomic E-state index is 9.55. The predicted molar refractivity (Wildman–Crippen MR) is 132 cm³/mol. The van der Waals surface area contributed by atoms with Crippen LogP contribution >= 0.6 is 0 Å². The summed E-state index contributed by atoms with van der Waals surface area (Å²) in [7, 11) is 0. The van der Waals surface area contributed by atoms with Gasteiger partial charge in [0.25, 0.3) is 0 Å². The minimum absolute atomic E-state index is 0.558. The zero-order valence-corrected chi connectivity index (χ0v) is 20.5. The van der Waals surface area contributed by atoms with Gasteiger partial charge in [0.2, 0.25) is 0 Å². The highest BCUT2D eigenvalue weighted by Crippen LogP contribution is 2.24. The van der Waals surface area contributed by atoms with Gasteiger partial charge in [-0.15, -0.1) is 0 Å². The third-order valence-electron chi connectivity index (χ3n) is 6.48. The van der Waals surface area contributed by atoms with Gasteiger partial charge in [0.15, 0.2) is 5.65 Å². The van der Waals surface area contributed by atoms with E-state index in [4.69, 9.17) is 19.9 Å². The number of fused-ring (bicyclic) bond motifs is 1. The van der Waals surface area contributed by atoms with E-state index in [9.17, 15) is 9.59 Å². The molecule has 10 heteroatoms. The van der Waals surface area contributed by atoms with E-state index in [-0.39, 0.29) is 0 Å². The molecule has 2 fully saturated rings. The number of nitrogens with zero attached hydrogens (tertiary/aromatic N) is 5. The molecule has 0 unspecified atom stereocenters. The molecule has 0 radical (unpaired) electrons. The average molecular weight is 488 g/mol. The lowest BCUT2D eigenvalue weighted by atomic mass is 9.94. The number of piperazine rings is 1. The second-order valence-corrected chi connectivity index (χ2v) is 8.84. The number of hydrogen-bond acceptors (Lipinski definition) is 7. The van der Waals surface area contributed by atoms with Crippen molar-refractivity contribution in [2.75, 3.05) is 39.4 Å². The summed E-state index contributed by atoms with van der Waals surface area (Å²) in [6.45, 7) is 9.89. The van der Waals surface area contributed by atoms with Gasteiger partial charge in [0.1, 0.15) is 11.3 Å². The Morgan fingerprint density at radius 1 is 1.09 bits per heavy atom. The monoisotopic (exact) mass is 487 g/mol. The van der Waals surface area contributed by atoms with E-state index in [1.807, 2.05) is 19.2 Å². The fourth-order valence-corrected chi connectivity index (χ4v) is 4.74. The van der Waals surface area contributed by atoms with Crippen LogP contribution in [0.25, 0.3) is 11.2 Å². The van der Waals surface area contributed by atoms with Crippen molar-refractivity contribution in [3.8, 4) is 0 Å². The molecule has 192 valence electrons. The predicted octanol–water partition coefficient (Wildman–Crippen LogP) is 2.63. The van der Waals surface area contributed by atoms with Crippen LogP contribution in [0.1, 0.15) is 44.9 Å². The highest BCUT2D eigenvalue weighted by molar-refractivity contribution is 5.89. The van der Waals surface area contributed by atoms with Crippen molar-refractivity contribution >= 4 is 23.1 Å². The molecule has 2 aromatic heterocycles. The molecule has 0 aromatic carbocycles. The highest BCUT2D eigenvalue weighted by Gasteiger charge is 2.26. The Kier molecular flexibility index (Phi) is 10.6. The zero-order valence-electron chi connectivity index (χ0n) is 20.5. The van der Waals surface area contributed by atoms with Crippen LogP contribution in [0.4, 0.5) is 0 Å². The Balaban J connectivity index is 0.000000371. The Morgan fingerprint density at radius 3 is 2.40 bits per heavy atom. The topological polar surface area (TPSA) is 121 Å². The number of aromatic nitrogens is 3. The summed E-state index contributed by atoms with van der Waals surface area (Å²) in [6.07, 6.45) is 10.0. The maximum Gasteiger partial charge on any atom is 0.328 e. The number of pyridine rings is 1. The molecule has 35 heavy (non-hydrogen) atoms. The summed E-state index contributed by atoms with van der Waals surface area (Å²) in [5.41, 5.74) is 1.97. The molecule has 0 bridgehead atoms. The molecular formula is C25H37N5O5. The van der Waals surface area contributed by atoms with Gasteiger partial charge in [0.05, 0.1) is 13.2 Å². The summed E-state index contributed by atoms with van der Waals surface area (Å²) in [6, 6.07) is 4.86. The van der Waals surface area contributed by atoms with Crippen molar-refractivity contribution in [3.63, 3.8) is 0 Å². The normalized spacial score (nSPS) is 18.0. The molecule has 0 amide bonds. The average Bonchev–Trinajstić information content (AvgIpc) is 3.21. The molecule has 2 aliphatic rings. The number of carbonyl (C=O) groups is 2. The fraction of sp³-hybridized carbons (Fsp3) is 0.600. The van der Waals surface area contributed by atoms with Crippen molar-refractivity contribution in [1.29, 1.82) is 0 Å². The Labute approximate surface area is 206 Å². The smallest absolute Gasteiger partial charge is 0.328 e. The molecule has 0 atom stereocenters. The molecule has 1 aliphatic heterocycles. The fourth-order valence-electron chi connectivity index (χ4n) is 4.74. The first-order valence-corrected chi connectivity index (χ1v) is 12.5. The SMILES string of the molecule is CCOCCn1c(CN2CCN(C3CCCCC3)CC2)nc2cccnc21.O=C(O)C=CC(=O)O. The minimum atomic E-state index is -1.26. The van der Waals surface area contributed by atoms with Crippen LogP contribution in [-0.2, 0) is 27.4 Å². The molecule has 4 rings (SSSR count). The number of carboxylic acid groups (broad SMARTS) is 2. The lowest BCUT2D eigenvalue weighted by Gasteiger charge is -2.40. The first-order chi connectivity index (χ1) is 17.0. The van der Waals surface area contributed by atoms with Gasteiger partial charge in [-0.1, -0.05) is 19.3 Å². The standard InChI is InChI=1S/C21H33N5O.C4H4O4/c1-2-27-16-15-26-20(23-19-9-6-10-22-21(19)26)17-24-11-13-25(14-12-24)18-7-4-3-5-8-18;5-3(6)1-2-4(7)8/h6,9-10,18H,2-5,7-8,11-17H2,1H3;1-2H,(H,5,6)(H,7,8). The molecule has 1 aliphatic carbocycles. The van der Waals surface area contributed by atoms with Gasteiger partial charge in [-0.2, -0.15) is 0 Å². The quantitative estimate of drug-likeness (QED) is 0.406. The first-order valence-electron chi connectivity index (χ1n) is 12.5. The van der Waals surface area contributed by atoms with E-state index in [1.165, 1.54) is 45.2 Å². The molecule has 0 spiro atoms. The Morgan fingerprint density at radius 2 is 1.77 bits per heavy atom. The molecule has 1 saturated heterocycles. The number of ether oxygens (including phenoxy) is 1. The number of carboxylic acids is 2. The van der Waals surface area contributed by atoms with E-state index in [0.717, 1.165) is 55.8 Å². The van der Waals surface area contributed by atoms with Gasteiger partial charge < -0.3 is 19.5 Å². The van der Waals surface area contributed by atoms with Crippen molar-refractivity contribution in [2.24, 2.45) is 0 Å². The molecule has 1 saturated carbocycles. The summed E-state index contributed by atoms with van der Waals surface area (Å²) >= 11 is 0. The van der Waals surface area contributed by atoms with E-state index < -0.39 is 11.9 Å². The number of rotatable bonds is 9. The third kappa shape index (κ3) is 8.41. The van der Waals surface area contributed by atoms with Crippen molar-refractivity contribution in [1.82, 2.24) is 24.3 Å². The molecule has 3 heterocycles. The number of hydrogen-bond donors (Lipinski definition) is 2. The second kappa shape index (κ2) is 13.9. The summed E-state index contributed by atoms with van der Waals surface area (Å²) in [4.78, 5) is 33.8. The van der Waals surface area contributed by atoms with Crippen LogP contribution in [-0.4, -0.2) is 91.9 Å². The van der Waals surface area contributed by atoms with Crippen molar-refractivity contribution in [2.45, 2.75) is 58.2 Å². The van der Waals surface area contributed by atoms with Gasteiger partial charge in [0, 0.05) is 63.7 Å². The van der Waals surface area contributed by atoms with Crippen LogP contribution in [0.2, 0.25) is 0 Å². The minimum Gasteiger partial charge on any atom is -0.478 e. The van der Waals surface area contributed by atoms with Gasteiger partial charge in [-0.3, -0.25) is 9.80 Å². The van der Waals surface area contributed by atoms with Gasteiger partial charge in [-0.25, -0.2) is 19.6 Å². The third-order valence-corrected chi connectivity index (χ3v) is 6.48. The molecule has 2 N–H and O–H groups in total. The van der Waals surface area contributed by atoms with Crippen LogP contribution in [0.3, 0.4) is 0 Å². The van der Waals surface area contributed by atoms with Crippen LogP contribution in [0, 0.1) is 0 Å². The molecule has 2 aromatic rings. The maximum atomic E-state index is 9.55. The van der Waals surface area contributed by atoms with Crippen LogP contribution in [0.5, 0.6) is 0 Å². The van der Waals surface area contributed by atoms with Crippen molar-refractivity contribution < 1.29 is 24.5 Å². The lowest BCUT2D eigenvalue weighted by Crippen LogP contribution is -2.50. The van der Waals surface area contributed by atoms with E-state index in [0.29, 0.717) is 18.8 Å². The first kappa shape index (κ1) is 26.8. The van der Waals surface area contributed by atoms with Gasteiger partial charge >= 0.3 is 11.9 Å².